The lowest BCUT2D eigenvalue weighted by atomic mass is 9.52. The van der Waals surface area contributed by atoms with Crippen molar-refractivity contribution in [2.45, 2.75) is 305 Å². The fourth-order valence-electron chi connectivity index (χ4n) is 18.1. The molecule has 24 heteroatoms. The number of rotatable bonds is 22. The summed E-state index contributed by atoms with van der Waals surface area (Å²) in [4.78, 5) is 131. The van der Waals surface area contributed by atoms with Crippen molar-refractivity contribution < 1.29 is 110 Å². The van der Waals surface area contributed by atoms with Gasteiger partial charge in [-0.1, -0.05) is 41.5 Å². The van der Waals surface area contributed by atoms with Crippen LogP contribution < -0.4 is 0 Å². The molecule has 1 N–H and O–H groups in total. The second-order valence-corrected chi connectivity index (χ2v) is 35.2. The first-order valence-corrected chi connectivity index (χ1v) is 38.0. The molecule has 0 aromatic rings. The van der Waals surface area contributed by atoms with E-state index in [1.807, 2.05) is 62.3 Å². The summed E-state index contributed by atoms with van der Waals surface area (Å²) in [7, 11) is 0. The van der Waals surface area contributed by atoms with Gasteiger partial charge in [-0.25, -0.2) is 14.4 Å². The SMILES string of the molecule is CCC(C)(C)C(=O)OC12CC3CC(CC(O)(C3)C1)C2.CCC(C)(C)C(=O)OCC(=O)OC1C2CC3C(=O)OC1C3C2.CCC(C)(C)C(=O)OCC(=O)OC1C2CC3C(=O)OC1C3C2.CCC(C)(C)C(=O)OCC(=O)OC1C2CC3C1OC(=O)C3(C#N)C2.CCC1(OC(=O)C(C)(C)CC)CCCC1. The third-order valence-corrected chi connectivity index (χ3v) is 26.3. The van der Waals surface area contributed by atoms with Gasteiger partial charge in [0.25, 0.3) is 0 Å². The lowest BCUT2D eigenvalue weighted by Gasteiger charge is -2.59. The van der Waals surface area contributed by atoms with Crippen molar-refractivity contribution >= 4 is 65.7 Å². The molecule has 0 radical (unpaired) electrons. The highest BCUT2D eigenvalue weighted by Crippen LogP contribution is 2.63. The molecular weight excluding hydrogens is 1320 g/mol. The highest BCUT2D eigenvalue weighted by atomic mass is 16.6. The van der Waals surface area contributed by atoms with Crippen LogP contribution in [0.3, 0.4) is 0 Å². The van der Waals surface area contributed by atoms with Crippen LogP contribution >= 0.6 is 0 Å². The molecule has 14 rings (SSSR count). The number of fused-ring (bicyclic) bond motifs is 3. The van der Waals surface area contributed by atoms with Gasteiger partial charge in [-0.05, 0) is 216 Å². The van der Waals surface area contributed by atoms with E-state index in [9.17, 15) is 63.1 Å². The lowest BCUT2D eigenvalue weighted by molar-refractivity contribution is -0.225. The Morgan fingerprint density at radius 2 is 0.863 bits per heavy atom. The molecular formula is C78H115NO23. The molecule has 10 bridgehead atoms. The Hall–Kier alpha value is -6.38. The standard InChI is InChI=1S/C17H21NO6.2C16H22O6.C16H26O3.C13H24O2/c1-4-16(2,3)14(20)22-7-11(19)23-12-9-5-10-13(12)24-15(21)17(10,6-9)8-18;2*1-4-16(2,3)15(19)20-7-11(17)21-12-8-5-9-10(6-8)14(18)22-13(9)12;1-4-14(2,3)13(17)19-16-8-11-5-12(9-16)7-15(18,6-11)10-16;1-5-12(3,4)11(14)15-13(6-2)9-7-8-10-13/h9-10,12-13H,4-7H2,1-3H3;2*8-10,12-13H,4-7H2,1-3H3;11-12,18H,4-10H2,1-3H3;5-10H2,1-4H3. The fraction of sp³-hybridized carbons (Fsp3) is 0.846. The Morgan fingerprint density at radius 1 is 0.480 bits per heavy atom. The lowest BCUT2D eigenvalue weighted by Crippen LogP contribution is -2.61. The van der Waals surface area contributed by atoms with E-state index < -0.39 is 93.3 Å². The molecule has 17 atom stereocenters. The third-order valence-electron chi connectivity index (χ3n) is 26.3. The van der Waals surface area contributed by atoms with Crippen molar-refractivity contribution in [3.8, 4) is 6.07 Å². The minimum Gasteiger partial charge on any atom is -0.459 e. The van der Waals surface area contributed by atoms with E-state index >= 15 is 0 Å². The van der Waals surface area contributed by atoms with Gasteiger partial charge in [-0.3, -0.25) is 38.4 Å². The van der Waals surface area contributed by atoms with Crippen LogP contribution in [0.2, 0.25) is 0 Å². The van der Waals surface area contributed by atoms with E-state index in [1.54, 1.807) is 41.5 Å². The van der Waals surface area contributed by atoms with Crippen molar-refractivity contribution in [3.63, 3.8) is 0 Å². The molecule has 24 nitrogen and oxygen atoms in total. The van der Waals surface area contributed by atoms with Gasteiger partial charge in [-0.2, -0.15) is 5.26 Å². The first kappa shape index (κ1) is 79.7. The number of carbonyl (C=O) groups is 11. The molecule has 0 spiro atoms. The number of hydrogen-bond donors (Lipinski definition) is 1. The Morgan fingerprint density at radius 3 is 1.24 bits per heavy atom. The van der Waals surface area contributed by atoms with E-state index in [0.717, 1.165) is 83.5 Å². The molecule has 14 fully saturated rings. The molecule has 0 aromatic carbocycles. The Kier molecular flexibility index (Phi) is 23.6. The summed E-state index contributed by atoms with van der Waals surface area (Å²) in [5.41, 5.74) is -4.72. The van der Waals surface area contributed by atoms with Gasteiger partial charge >= 0.3 is 65.7 Å². The predicted octanol–water partition coefficient (Wildman–Crippen LogP) is 11.0. The number of nitriles is 1. The van der Waals surface area contributed by atoms with Crippen LogP contribution in [-0.4, -0.2) is 144 Å². The second kappa shape index (κ2) is 30.2. The third kappa shape index (κ3) is 16.4. The fourth-order valence-corrected chi connectivity index (χ4v) is 18.1. The number of hydrogen-bond acceptors (Lipinski definition) is 24. The molecule has 570 valence electrons. The summed E-state index contributed by atoms with van der Waals surface area (Å²) in [5.74, 6) is -2.39. The van der Waals surface area contributed by atoms with Gasteiger partial charge in [-0.15, -0.1) is 0 Å². The summed E-state index contributed by atoms with van der Waals surface area (Å²) in [5, 5.41) is 20.0. The van der Waals surface area contributed by atoms with Gasteiger partial charge in [0.05, 0.1) is 50.6 Å². The smallest absolute Gasteiger partial charge is 0.344 e. The van der Waals surface area contributed by atoms with E-state index in [2.05, 4.69) is 13.0 Å². The molecule has 0 aromatic heterocycles. The van der Waals surface area contributed by atoms with Crippen LogP contribution in [0.5, 0.6) is 0 Å². The summed E-state index contributed by atoms with van der Waals surface area (Å²) in [6, 6.07) is 2.10. The molecule has 11 saturated carbocycles. The normalized spacial score (nSPS) is 35.0. The number of esters is 11. The molecule has 14 aliphatic rings. The maximum atomic E-state index is 12.4. The maximum absolute atomic E-state index is 12.4. The van der Waals surface area contributed by atoms with Gasteiger partial charge in [0.1, 0.15) is 47.8 Å². The van der Waals surface area contributed by atoms with Crippen molar-refractivity contribution in [3.05, 3.63) is 0 Å². The summed E-state index contributed by atoms with van der Waals surface area (Å²) >= 11 is 0. The van der Waals surface area contributed by atoms with Gasteiger partial charge < -0.3 is 57.2 Å². The van der Waals surface area contributed by atoms with Crippen molar-refractivity contribution in [1.29, 1.82) is 5.26 Å². The van der Waals surface area contributed by atoms with Crippen LogP contribution in [-0.2, 0) is 105 Å². The maximum Gasteiger partial charge on any atom is 0.344 e. The summed E-state index contributed by atoms with van der Waals surface area (Å²) in [6.07, 6.45) is 16.4. The van der Waals surface area contributed by atoms with E-state index in [-0.39, 0.29) is 125 Å². The second-order valence-electron chi connectivity index (χ2n) is 35.2. The molecule has 11 aliphatic carbocycles. The van der Waals surface area contributed by atoms with Crippen LogP contribution in [0.4, 0.5) is 0 Å². The molecule has 102 heavy (non-hydrogen) atoms. The minimum absolute atomic E-state index is 0.00636. The van der Waals surface area contributed by atoms with Crippen molar-refractivity contribution in [2.24, 2.45) is 91.7 Å². The highest BCUT2D eigenvalue weighted by Gasteiger charge is 2.73. The van der Waals surface area contributed by atoms with E-state index in [4.69, 9.17) is 52.1 Å². The first-order chi connectivity index (χ1) is 47.6. The molecule has 17 unspecified atom stereocenters. The molecule has 3 saturated heterocycles. The average molecular weight is 1430 g/mol. The Bertz CT molecular complexity index is 3130. The number of ether oxygens (including phenoxy) is 11. The van der Waals surface area contributed by atoms with Gasteiger partial charge in [0.15, 0.2) is 25.2 Å². The topological polar surface area (TPSA) is 333 Å². The predicted molar refractivity (Wildman–Crippen MR) is 362 cm³/mol. The zero-order valence-corrected chi connectivity index (χ0v) is 63.3. The number of nitrogens with zero attached hydrogens (tertiary/aromatic N) is 1. The van der Waals surface area contributed by atoms with Crippen LogP contribution in [0, 0.1) is 103 Å². The number of carbonyl (C=O) groups excluding carboxylic acids is 11. The average Bonchev–Trinajstić information content (AvgIpc) is 1.60. The van der Waals surface area contributed by atoms with E-state index in [0.29, 0.717) is 50.4 Å². The van der Waals surface area contributed by atoms with Crippen LogP contribution in [0.15, 0.2) is 0 Å². The monoisotopic (exact) mass is 1430 g/mol. The molecule has 3 aliphatic heterocycles. The van der Waals surface area contributed by atoms with Gasteiger partial charge in [0.2, 0.25) is 0 Å². The summed E-state index contributed by atoms with van der Waals surface area (Å²) < 4.78 is 59.0. The zero-order valence-electron chi connectivity index (χ0n) is 63.3. The van der Waals surface area contributed by atoms with Crippen molar-refractivity contribution in [2.75, 3.05) is 19.8 Å². The number of aliphatic hydroxyl groups is 1. The van der Waals surface area contributed by atoms with Crippen LogP contribution in [0.1, 0.15) is 252 Å². The minimum atomic E-state index is -1.06. The van der Waals surface area contributed by atoms with E-state index in [1.165, 1.54) is 19.3 Å². The Balaban J connectivity index is 0.000000149. The summed E-state index contributed by atoms with van der Waals surface area (Å²) in [6.45, 7) is 29.0. The Labute approximate surface area is 601 Å². The van der Waals surface area contributed by atoms with Crippen molar-refractivity contribution in [1.82, 2.24) is 0 Å². The molecule has 3 heterocycles. The zero-order chi connectivity index (χ0) is 75.3. The van der Waals surface area contributed by atoms with Gasteiger partial charge in [0, 0.05) is 41.9 Å². The quantitative estimate of drug-likeness (QED) is 0.0777. The molecule has 0 amide bonds. The largest absolute Gasteiger partial charge is 0.459 e. The first-order valence-electron chi connectivity index (χ1n) is 38.0. The van der Waals surface area contributed by atoms with Crippen LogP contribution in [0.25, 0.3) is 0 Å². The highest BCUT2D eigenvalue weighted by molar-refractivity contribution is 5.85.